The van der Waals surface area contributed by atoms with Crippen molar-refractivity contribution in [3.8, 4) is 0 Å². The number of esters is 1. The molecule has 0 saturated carbocycles. The fourth-order valence-corrected chi connectivity index (χ4v) is 3.16. The maximum atomic E-state index is 12.2. The average molecular weight is 428 g/mol. The van der Waals surface area contributed by atoms with Crippen LogP contribution in [-0.4, -0.2) is 87.0 Å². The van der Waals surface area contributed by atoms with Crippen molar-refractivity contribution in [1.82, 2.24) is 0 Å². The number of hydrogen-bond acceptors (Lipinski definition) is 9. The van der Waals surface area contributed by atoms with Crippen molar-refractivity contribution in [3.63, 3.8) is 0 Å². The van der Waals surface area contributed by atoms with Gasteiger partial charge in [-0.2, -0.15) is 0 Å². The number of carbonyl (C=O) groups is 2. The lowest BCUT2D eigenvalue weighted by Crippen LogP contribution is -2.60. The molecule has 5 N–H and O–H groups in total. The zero-order chi connectivity index (χ0) is 22.3. The van der Waals surface area contributed by atoms with Gasteiger partial charge in [-0.25, -0.2) is 0 Å². The molecule has 0 spiro atoms. The normalized spacial score (nSPS) is 28.5. The predicted octanol–water partition coefficient (Wildman–Crippen LogP) is -0.788. The van der Waals surface area contributed by atoms with E-state index in [9.17, 15) is 30.0 Å². The first-order chi connectivity index (χ1) is 14.1. The smallest absolute Gasteiger partial charge is 0.309 e. The van der Waals surface area contributed by atoms with Crippen LogP contribution in [0.3, 0.4) is 0 Å². The Morgan fingerprint density at radius 3 is 2.40 bits per heavy atom. The van der Waals surface area contributed by atoms with Gasteiger partial charge in [0.15, 0.2) is 12.4 Å². The summed E-state index contributed by atoms with van der Waals surface area (Å²) in [5.41, 5.74) is -0.878. The highest BCUT2D eigenvalue weighted by Gasteiger charge is 2.47. The van der Waals surface area contributed by atoms with Crippen LogP contribution in [0.15, 0.2) is 30.3 Å². The number of benzene rings is 1. The third-order valence-electron chi connectivity index (χ3n) is 4.66. The van der Waals surface area contributed by atoms with Crippen LogP contribution in [-0.2, 0) is 30.2 Å². The Labute approximate surface area is 173 Å². The van der Waals surface area contributed by atoms with Crippen molar-refractivity contribution in [2.75, 3.05) is 13.2 Å². The molecular formula is C20H28O10. The number of aliphatic hydroxyl groups excluding tert-OH is 3. The lowest BCUT2D eigenvalue weighted by Gasteiger charge is -2.41. The van der Waals surface area contributed by atoms with Gasteiger partial charge in [-0.15, -0.1) is 0 Å². The molecule has 1 aliphatic rings. The number of rotatable bonds is 10. The molecule has 10 nitrogen and oxygen atoms in total. The van der Waals surface area contributed by atoms with E-state index < -0.39 is 67.7 Å². The van der Waals surface area contributed by atoms with Gasteiger partial charge in [0, 0.05) is 0 Å². The number of carboxylic acids is 1. The molecule has 6 atom stereocenters. The van der Waals surface area contributed by atoms with E-state index in [4.69, 9.17) is 19.3 Å². The second-order valence-electron chi connectivity index (χ2n) is 7.51. The van der Waals surface area contributed by atoms with Crippen LogP contribution in [0.25, 0.3) is 0 Å². The van der Waals surface area contributed by atoms with Crippen LogP contribution in [0.2, 0.25) is 0 Å². The summed E-state index contributed by atoms with van der Waals surface area (Å²) >= 11 is 0. The van der Waals surface area contributed by atoms with Crippen LogP contribution in [0.5, 0.6) is 0 Å². The predicted molar refractivity (Wildman–Crippen MR) is 101 cm³/mol. The van der Waals surface area contributed by atoms with E-state index >= 15 is 0 Å². The van der Waals surface area contributed by atoms with Crippen molar-refractivity contribution in [3.05, 3.63) is 35.9 Å². The van der Waals surface area contributed by atoms with E-state index in [2.05, 4.69) is 0 Å². The Morgan fingerprint density at radius 2 is 1.80 bits per heavy atom. The van der Waals surface area contributed by atoms with Gasteiger partial charge in [0.05, 0.1) is 31.7 Å². The SMILES string of the molecule is C[C@](O)(CC(=O)O)CC(=O)O[C@H]1[C@@H](O)[C@H](OCCc2ccccc2)O[C@H](CO)[C@H]1O. The minimum Gasteiger partial charge on any atom is -0.481 e. The number of carbonyl (C=O) groups excluding carboxylic acids is 1. The van der Waals surface area contributed by atoms with Crippen LogP contribution in [0, 0.1) is 0 Å². The van der Waals surface area contributed by atoms with Gasteiger partial charge in [-0.3, -0.25) is 9.59 Å². The van der Waals surface area contributed by atoms with E-state index in [0.29, 0.717) is 6.42 Å². The van der Waals surface area contributed by atoms with Gasteiger partial charge in [-0.1, -0.05) is 30.3 Å². The van der Waals surface area contributed by atoms with Crippen molar-refractivity contribution >= 4 is 11.9 Å². The Hall–Kier alpha value is -2.08. The van der Waals surface area contributed by atoms with Crippen LogP contribution < -0.4 is 0 Å². The fourth-order valence-electron chi connectivity index (χ4n) is 3.16. The Balaban J connectivity index is 1.98. The zero-order valence-electron chi connectivity index (χ0n) is 16.6. The molecule has 2 rings (SSSR count). The topological polar surface area (TPSA) is 163 Å². The highest BCUT2D eigenvalue weighted by atomic mass is 16.7. The molecule has 0 bridgehead atoms. The summed E-state index contributed by atoms with van der Waals surface area (Å²) in [4.78, 5) is 22.9. The molecule has 168 valence electrons. The lowest BCUT2D eigenvalue weighted by atomic mass is 9.97. The Kier molecular flexibility index (Phi) is 8.71. The van der Waals surface area contributed by atoms with Gasteiger partial charge in [-0.05, 0) is 18.9 Å². The van der Waals surface area contributed by atoms with Crippen LogP contribution in [0.1, 0.15) is 25.3 Å². The molecular weight excluding hydrogens is 400 g/mol. The molecule has 0 radical (unpaired) electrons. The third kappa shape index (κ3) is 7.01. The molecule has 1 aliphatic heterocycles. The van der Waals surface area contributed by atoms with Gasteiger partial charge in [0.2, 0.25) is 0 Å². The summed E-state index contributed by atoms with van der Waals surface area (Å²) in [6.45, 7) is 0.705. The highest BCUT2D eigenvalue weighted by Crippen LogP contribution is 2.26. The van der Waals surface area contributed by atoms with E-state index in [0.717, 1.165) is 12.5 Å². The summed E-state index contributed by atoms with van der Waals surface area (Å²) in [5.74, 6) is -2.32. The van der Waals surface area contributed by atoms with Crippen molar-refractivity contribution < 1.29 is 49.3 Å². The van der Waals surface area contributed by atoms with Crippen molar-refractivity contribution in [2.24, 2.45) is 0 Å². The maximum absolute atomic E-state index is 12.2. The molecule has 10 heteroatoms. The number of hydrogen-bond donors (Lipinski definition) is 5. The number of aliphatic hydroxyl groups is 4. The molecule has 0 aliphatic carbocycles. The van der Waals surface area contributed by atoms with Crippen molar-refractivity contribution in [1.29, 1.82) is 0 Å². The Morgan fingerprint density at radius 1 is 1.13 bits per heavy atom. The second-order valence-corrected chi connectivity index (χ2v) is 7.51. The van der Waals surface area contributed by atoms with Gasteiger partial charge in [0.1, 0.15) is 18.3 Å². The molecule has 0 aromatic heterocycles. The molecule has 1 fully saturated rings. The van der Waals surface area contributed by atoms with Crippen LogP contribution in [0.4, 0.5) is 0 Å². The van der Waals surface area contributed by atoms with Gasteiger partial charge < -0.3 is 39.7 Å². The summed E-state index contributed by atoms with van der Waals surface area (Å²) < 4.78 is 16.0. The largest absolute Gasteiger partial charge is 0.481 e. The average Bonchev–Trinajstić information content (AvgIpc) is 2.66. The summed E-state index contributed by atoms with van der Waals surface area (Å²) in [7, 11) is 0. The molecule has 1 heterocycles. The molecule has 0 amide bonds. The number of ether oxygens (including phenoxy) is 3. The second kappa shape index (κ2) is 10.8. The minimum atomic E-state index is -1.87. The van der Waals surface area contributed by atoms with E-state index in [1.165, 1.54) is 0 Å². The third-order valence-corrected chi connectivity index (χ3v) is 4.66. The summed E-state index contributed by atoms with van der Waals surface area (Å²) in [6.07, 6.45) is -7.89. The monoisotopic (exact) mass is 428 g/mol. The molecule has 30 heavy (non-hydrogen) atoms. The lowest BCUT2D eigenvalue weighted by molar-refractivity contribution is -0.303. The molecule has 1 saturated heterocycles. The Bertz CT molecular complexity index is 692. The molecule has 0 unspecified atom stereocenters. The summed E-state index contributed by atoms with van der Waals surface area (Å²) in [6, 6.07) is 9.41. The first kappa shape index (κ1) is 24.2. The minimum absolute atomic E-state index is 0.161. The van der Waals surface area contributed by atoms with Crippen molar-refractivity contribution in [2.45, 2.75) is 62.5 Å². The van der Waals surface area contributed by atoms with E-state index in [-0.39, 0.29) is 6.61 Å². The summed E-state index contributed by atoms with van der Waals surface area (Å²) in [5, 5.41) is 49.0. The quantitative estimate of drug-likeness (QED) is 0.299. The first-order valence-electron chi connectivity index (χ1n) is 9.54. The highest BCUT2D eigenvalue weighted by molar-refractivity contribution is 5.74. The number of carboxylic acid groups (broad SMARTS) is 1. The first-order valence-corrected chi connectivity index (χ1v) is 9.54. The fraction of sp³-hybridized carbons (Fsp3) is 0.600. The van der Waals surface area contributed by atoms with E-state index in [1.54, 1.807) is 0 Å². The molecule has 1 aromatic rings. The van der Waals surface area contributed by atoms with Gasteiger partial charge in [0.25, 0.3) is 0 Å². The van der Waals surface area contributed by atoms with Crippen LogP contribution >= 0.6 is 0 Å². The standard InChI is InChI=1S/C20H28O10/c1-20(27,9-14(22)23)10-15(24)30-18-16(25)13(11-21)29-19(17(18)26)28-8-7-12-5-3-2-4-6-12/h2-6,13,16-19,21,25-27H,7-11H2,1H3,(H,22,23)/t13-,16-,17-,18-,19-,20+/m1/s1. The zero-order valence-corrected chi connectivity index (χ0v) is 16.6. The van der Waals surface area contributed by atoms with Gasteiger partial charge >= 0.3 is 11.9 Å². The number of aliphatic carboxylic acids is 1. The van der Waals surface area contributed by atoms with E-state index in [1.807, 2.05) is 30.3 Å². The molecule has 1 aromatic carbocycles. The maximum Gasteiger partial charge on any atom is 0.309 e.